The molecule has 0 spiro atoms. The van der Waals surface area contributed by atoms with Gasteiger partial charge in [0.1, 0.15) is 18.0 Å². The summed E-state index contributed by atoms with van der Waals surface area (Å²) in [4.78, 5) is 11.3. The highest BCUT2D eigenvalue weighted by atomic mass is 32.2. The molecule has 2 saturated heterocycles. The lowest BCUT2D eigenvalue weighted by Gasteiger charge is -2.19. The van der Waals surface area contributed by atoms with Crippen molar-refractivity contribution in [3.63, 3.8) is 0 Å². The summed E-state index contributed by atoms with van der Waals surface area (Å²) in [5.41, 5.74) is 0.135. The van der Waals surface area contributed by atoms with Gasteiger partial charge < -0.3 is 10.4 Å². The number of nitrogens with zero attached hydrogens (tertiary/aromatic N) is 1. The maximum atomic E-state index is 14.5. The molecule has 2 fully saturated rings. The predicted octanol–water partition coefficient (Wildman–Crippen LogP) is 0.644. The molecule has 1 unspecified atom stereocenters. The Balaban J connectivity index is 1.85. The lowest BCUT2D eigenvalue weighted by atomic mass is 9.92. The molecule has 2 heterocycles. The number of benzene rings is 1. The van der Waals surface area contributed by atoms with Gasteiger partial charge >= 0.3 is 10.2 Å². The molecule has 9 heteroatoms. The highest BCUT2D eigenvalue weighted by Gasteiger charge is 2.37. The minimum Gasteiger partial charge on any atom is -0.506 e. The Hall–Kier alpha value is -1.87. The third-order valence-corrected chi connectivity index (χ3v) is 5.77. The monoisotopic (exact) mass is 357 g/mol. The van der Waals surface area contributed by atoms with Crippen molar-refractivity contribution in [1.82, 2.24) is 10.0 Å². The normalized spacial score (nSPS) is 23.8. The molecular formula is C15H20FN3O4S. The number of phenolic OH excluding ortho intramolecular Hbond substituents is 1. The SMILES string of the molecule is O=C1CN(c2c(O)cc(CC3CCCNCC3)cc2F)S(=O)(=O)N1. The van der Waals surface area contributed by atoms with Crippen molar-refractivity contribution in [3.8, 4) is 5.75 Å². The van der Waals surface area contributed by atoms with E-state index >= 15 is 0 Å². The van der Waals surface area contributed by atoms with E-state index in [2.05, 4.69) is 5.32 Å². The van der Waals surface area contributed by atoms with Crippen LogP contribution in [0.25, 0.3) is 0 Å². The molecule has 0 bridgehead atoms. The number of halogens is 1. The summed E-state index contributed by atoms with van der Waals surface area (Å²) in [6.07, 6.45) is 3.67. The van der Waals surface area contributed by atoms with E-state index in [0.29, 0.717) is 22.2 Å². The van der Waals surface area contributed by atoms with Crippen molar-refractivity contribution in [1.29, 1.82) is 0 Å². The summed E-state index contributed by atoms with van der Waals surface area (Å²) in [6.45, 7) is 1.35. The average molecular weight is 357 g/mol. The minimum atomic E-state index is -4.15. The topological polar surface area (TPSA) is 98.7 Å². The van der Waals surface area contributed by atoms with E-state index in [4.69, 9.17) is 0 Å². The van der Waals surface area contributed by atoms with Gasteiger partial charge in [0.2, 0.25) is 0 Å². The molecule has 0 saturated carbocycles. The van der Waals surface area contributed by atoms with Crippen LogP contribution < -0.4 is 14.3 Å². The highest BCUT2D eigenvalue weighted by Crippen LogP contribution is 2.35. The van der Waals surface area contributed by atoms with Gasteiger partial charge in [0.25, 0.3) is 5.91 Å². The van der Waals surface area contributed by atoms with Crippen molar-refractivity contribution < 1.29 is 22.7 Å². The first-order chi connectivity index (χ1) is 11.4. The van der Waals surface area contributed by atoms with E-state index in [1.54, 1.807) is 4.72 Å². The number of hydrogen-bond donors (Lipinski definition) is 3. The summed E-state index contributed by atoms with van der Waals surface area (Å²) in [6, 6.07) is 2.63. The molecule has 2 aliphatic heterocycles. The first-order valence-corrected chi connectivity index (χ1v) is 9.36. The van der Waals surface area contributed by atoms with Crippen LogP contribution in [0.2, 0.25) is 0 Å². The molecule has 2 aliphatic rings. The minimum absolute atomic E-state index is 0.392. The summed E-state index contributed by atoms with van der Waals surface area (Å²) < 4.78 is 40.4. The number of anilines is 1. The molecule has 7 nitrogen and oxygen atoms in total. The van der Waals surface area contributed by atoms with Gasteiger partial charge in [0, 0.05) is 0 Å². The van der Waals surface area contributed by atoms with Gasteiger partial charge in [0.15, 0.2) is 5.82 Å². The van der Waals surface area contributed by atoms with Gasteiger partial charge in [-0.2, -0.15) is 8.42 Å². The Morgan fingerprint density at radius 2 is 2.08 bits per heavy atom. The number of rotatable bonds is 3. The van der Waals surface area contributed by atoms with Crippen molar-refractivity contribution in [3.05, 3.63) is 23.5 Å². The van der Waals surface area contributed by atoms with E-state index in [1.165, 1.54) is 12.1 Å². The molecule has 24 heavy (non-hydrogen) atoms. The number of hydrogen-bond acceptors (Lipinski definition) is 5. The quantitative estimate of drug-likeness (QED) is 0.738. The van der Waals surface area contributed by atoms with Crippen LogP contribution >= 0.6 is 0 Å². The fourth-order valence-electron chi connectivity index (χ4n) is 3.28. The molecule has 132 valence electrons. The Bertz CT molecular complexity index is 722. The number of amides is 1. The molecule has 3 N–H and O–H groups in total. The van der Waals surface area contributed by atoms with Crippen LogP contribution in [0.5, 0.6) is 5.75 Å². The Morgan fingerprint density at radius 3 is 2.75 bits per heavy atom. The molecule has 3 rings (SSSR count). The van der Waals surface area contributed by atoms with E-state index in [1.807, 2.05) is 0 Å². The van der Waals surface area contributed by atoms with E-state index < -0.39 is 39.9 Å². The Kier molecular flexibility index (Phi) is 4.64. The number of aromatic hydroxyl groups is 1. The highest BCUT2D eigenvalue weighted by molar-refractivity contribution is 7.92. The molecule has 1 atom stereocenters. The number of nitrogens with one attached hydrogen (secondary N) is 2. The van der Waals surface area contributed by atoms with Crippen molar-refractivity contribution >= 4 is 21.8 Å². The first-order valence-electron chi connectivity index (χ1n) is 7.92. The maximum absolute atomic E-state index is 14.5. The smallest absolute Gasteiger partial charge is 0.326 e. The Morgan fingerprint density at radius 1 is 1.29 bits per heavy atom. The van der Waals surface area contributed by atoms with Gasteiger partial charge in [-0.1, -0.05) is 0 Å². The molecule has 0 radical (unpaired) electrons. The zero-order chi connectivity index (χ0) is 17.3. The summed E-state index contributed by atoms with van der Waals surface area (Å²) in [5.74, 6) is -1.69. The van der Waals surface area contributed by atoms with E-state index in [9.17, 15) is 22.7 Å². The van der Waals surface area contributed by atoms with Crippen LogP contribution in [0.4, 0.5) is 10.1 Å². The molecular weight excluding hydrogens is 337 g/mol. The first kappa shape index (κ1) is 17.0. The molecule has 1 aromatic carbocycles. The standard InChI is InChI=1S/C15H20FN3O4S/c16-12-7-11(6-10-2-1-4-17-5-3-10)8-13(20)15(12)19-9-14(21)18-24(19,22)23/h7-8,10,17,20H,1-6,9H2,(H,18,21). The second kappa shape index (κ2) is 6.56. The second-order valence-electron chi connectivity index (χ2n) is 6.23. The van der Waals surface area contributed by atoms with Gasteiger partial charge in [-0.05, 0) is 62.4 Å². The van der Waals surface area contributed by atoms with Crippen molar-refractivity contribution in [2.24, 2.45) is 5.92 Å². The second-order valence-corrected chi connectivity index (χ2v) is 7.83. The number of phenols is 1. The molecule has 1 aromatic rings. The number of carbonyl (C=O) groups excluding carboxylic acids is 1. The van der Waals surface area contributed by atoms with Crippen LogP contribution in [0.3, 0.4) is 0 Å². The third-order valence-electron chi connectivity index (χ3n) is 4.39. The zero-order valence-corrected chi connectivity index (χ0v) is 13.9. The van der Waals surface area contributed by atoms with Crippen LogP contribution in [-0.2, 0) is 21.4 Å². The average Bonchev–Trinajstić information content (AvgIpc) is 2.66. The zero-order valence-electron chi connectivity index (χ0n) is 13.1. The van der Waals surface area contributed by atoms with Crippen LogP contribution in [0.1, 0.15) is 24.8 Å². The lowest BCUT2D eigenvalue weighted by Crippen LogP contribution is -2.30. The number of carbonyl (C=O) groups is 1. The molecule has 1 amide bonds. The van der Waals surface area contributed by atoms with Crippen LogP contribution in [0, 0.1) is 11.7 Å². The predicted molar refractivity (Wildman–Crippen MR) is 86.4 cm³/mol. The summed E-state index contributed by atoms with van der Waals surface area (Å²) in [7, 11) is -4.15. The fourth-order valence-corrected chi connectivity index (χ4v) is 4.45. The van der Waals surface area contributed by atoms with E-state index in [-0.39, 0.29) is 0 Å². The van der Waals surface area contributed by atoms with Crippen molar-refractivity contribution in [2.75, 3.05) is 23.9 Å². The maximum Gasteiger partial charge on any atom is 0.326 e. The molecule has 0 aromatic heterocycles. The van der Waals surface area contributed by atoms with Gasteiger partial charge in [-0.3, -0.25) is 4.79 Å². The van der Waals surface area contributed by atoms with Gasteiger partial charge in [0.05, 0.1) is 0 Å². The van der Waals surface area contributed by atoms with Crippen LogP contribution in [0.15, 0.2) is 12.1 Å². The van der Waals surface area contributed by atoms with Gasteiger partial charge in [-0.15, -0.1) is 0 Å². The largest absolute Gasteiger partial charge is 0.506 e. The third kappa shape index (κ3) is 3.46. The summed E-state index contributed by atoms with van der Waals surface area (Å²) in [5, 5.41) is 13.4. The van der Waals surface area contributed by atoms with Crippen molar-refractivity contribution in [2.45, 2.75) is 25.7 Å². The lowest BCUT2D eigenvalue weighted by molar-refractivity contribution is -0.117. The molecule has 0 aliphatic carbocycles. The Labute approximate surface area is 140 Å². The van der Waals surface area contributed by atoms with Crippen LogP contribution in [-0.4, -0.2) is 39.1 Å². The van der Waals surface area contributed by atoms with Gasteiger partial charge in [-0.25, -0.2) is 13.4 Å². The fraction of sp³-hybridized carbons (Fsp3) is 0.533. The summed E-state index contributed by atoms with van der Waals surface area (Å²) >= 11 is 0. The van der Waals surface area contributed by atoms with E-state index in [0.717, 1.165) is 32.4 Å².